The first-order valence-corrected chi connectivity index (χ1v) is 6.64. The van der Waals surface area contributed by atoms with E-state index in [1.54, 1.807) is 0 Å². The summed E-state index contributed by atoms with van der Waals surface area (Å²) >= 11 is 0. The summed E-state index contributed by atoms with van der Waals surface area (Å²) in [5, 5.41) is 0. The van der Waals surface area contributed by atoms with Gasteiger partial charge >= 0.3 is 11.9 Å². The molecule has 1 saturated heterocycles. The molecular weight excluding hydrogens is 232 g/mol. The van der Waals surface area contributed by atoms with Gasteiger partial charge in [0.25, 0.3) is 0 Å². The number of hydrogen-bond acceptors (Lipinski definition) is 4. The van der Waals surface area contributed by atoms with Crippen molar-refractivity contribution in [3.8, 4) is 0 Å². The van der Waals surface area contributed by atoms with Crippen LogP contribution in [0.25, 0.3) is 0 Å². The van der Waals surface area contributed by atoms with Crippen molar-refractivity contribution in [2.45, 2.75) is 52.7 Å². The Balaban J connectivity index is 1.83. The van der Waals surface area contributed by atoms with E-state index in [1.807, 2.05) is 20.8 Å². The highest BCUT2D eigenvalue weighted by molar-refractivity contribution is 5.78. The maximum atomic E-state index is 12.0. The second kappa shape index (κ2) is 3.28. The van der Waals surface area contributed by atoms with Crippen LogP contribution in [-0.2, 0) is 19.1 Å². The van der Waals surface area contributed by atoms with Gasteiger partial charge in [0.15, 0.2) is 0 Å². The molecule has 5 unspecified atom stereocenters. The normalized spacial score (nSPS) is 45.2. The maximum Gasteiger partial charge on any atom is 0.311 e. The molecule has 2 aliphatic carbocycles. The number of esters is 2. The van der Waals surface area contributed by atoms with Gasteiger partial charge in [0.1, 0.15) is 12.2 Å². The Morgan fingerprint density at radius 3 is 2.67 bits per heavy atom. The second-order valence-electron chi connectivity index (χ2n) is 7.31. The van der Waals surface area contributed by atoms with Gasteiger partial charge in [0.05, 0.1) is 11.3 Å². The summed E-state index contributed by atoms with van der Waals surface area (Å²) in [5.74, 6) is 0.00802. The van der Waals surface area contributed by atoms with E-state index in [9.17, 15) is 9.59 Å². The zero-order valence-corrected chi connectivity index (χ0v) is 11.4. The second-order valence-corrected chi connectivity index (χ2v) is 7.31. The number of ether oxygens (including phenoxy) is 2. The molecule has 18 heavy (non-hydrogen) atoms. The van der Waals surface area contributed by atoms with E-state index in [4.69, 9.17) is 9.47 Å². The summed E-state index contributed by atoms with van der Waals surface area (Å²) in [5.41, 5.74) is -0.590. The van der Waals surface area contributed by atoms with Gasteiger partial charge in [0.2, 0.25) is 0 Å². The molecule has 0 amide bonds. The van der Waals surface area contributed by atoms with Crippen molar-refractivity contribution in [2.75, 3.05) is 0 Å². The SMILES string of the molecule is CC(C)(C)C(=O)OC1C2OC(=O)C3CC1(C)CC32. The lowest BCUT2D eigenvalue weighted by molar-refractivity contribution is -0.173. The van der Waals surface area contributed by atoms with Crippen molar-refractivity contribution in [2.24, 2.45) is 22.7 Å². The first kappa shape index (κ1) is 12.0. The Morgan fingerprint density at radius 1 is 1.39 bits per heavy atom. The van der Waals surface area contributed by atoms with Crippen molar-refractivity contribution < 1.29 is 19.1 Å². The highest BCUT2D eigenvalue weighted by Crippen LogP contribution is 2.62. The highest BCUT2D eigenvalue weighted by Gasteiger charge is 2.68. The first-order valence-electron chi connectivity index (χ1n) is 6.64. The van der Waals surface area contributed by atoms with Crippen LogP contribution in [0.3, 0.4) is 0 Å². The minimum absolute atomic E-state index is 0.0459. The number of rotatable bonds is 1. The summed E-state index contributed by atoms with van der Waals surface area (Å²) in [6, 6.07) is 0. The Morgan fingerprint density at radius 2 is 2.06 bits per heavy atom. The van der Waals surface area contributed by atoms with Crippen LogP contribution < -0.4 is 0 Å². The van der Waals surface area contributed by atoms with Crippen LogP contribution in [0, 0.1) is 22.7 Å². The molecule has 0 N–H and O–H groups in total. The fraction of sp³-hybridized carbons (Fsp3) is 0.857. The fourth-order valence-electron chi connectivity index (χ4n) is 3.75. The van der Waals surface area contributed by atoms with Gasteiger partial charge in [-0.3, -0.25) is 9.59 Å². The summed E-state index contributed by atoms with van der Waals surface area (Å²) in [4.78, 5) is 23.7. The van der Waals surface area contributed by atoms with Gasteiger partial charge in [-0.1, -0.05) is 6.92 Å². The third kappa shape index (κ3) is 1.44. The lowest BCUT2D eigenvalue weighted by atomic mass is 9.79. The standard InChI is InChI=1S/C14H20O4/c1-13(2,3)12(16)18-10-9-7-5-14(10,4)6-8(7)11(15)17-9/h7-10H,5-6H2,1-4H3. The van der Waals surface area contributed by atoms with E-state index in [0.717, 1.165) is 12.8 Å². The molecule has 3 rings (SSSR count). The predicted octanol–water partition coefficient (Wildman–Crippen LogP) is 1.92. The molecule has 3 aliphatic rings. The van der Waals surface area contributed by atoms with Gasteiger partial charge in [0, 0.05) is 11.3 Å². The zero-order chi connectivity index (χ0) is 13.3. The molecule has 100 valence electrons. The molecule has 5 atom stereocenters. The van der Waals surface area contributed by atoms with E-state index in [-0.39, 0.29) is 41.4 Å². The van der Waals surface area contributed by atoms with Crippen LogP contribution in [-0.4, -0.2) is 24.1 Å². The fourth-order valence-corrected chi connectivity index (χ4v) is 3.75. The van der Waals surface area contributed by atoms with Gasteiger partial charge in [-0.25, -0.2) is 0 Å². The molecule has 4 heteroatoms. The third-order valence-electron chi connectivity index (χ3n) is 4.71. The molecule has 0 aromatic rings. The molecule has 3 fully saturated rings. The molecule has 2 saturated carbocycles. The molecule has 0 aromatic heterocycles. The largest absolute Gasteiger partial charge is 0.458 e. The molecule has 0 aromatic carbocycles. The lowest BCUT2D eigenvalue weighted by Gasteiger charge is -2.34. The predicted molar refractivity (Wildman–Crippen MR) is 63.5 cm³/mol. The third-order valence-corrected chi connectivity index (χ3v) is 4.71. The molecular formula is C14H20O4. The van der Waals surface area contributed by atoms with E-state index in [1.165, 1.54) is 0 Å². The summed E-state index contributed by atoms with van der Waals surface area (Å²) in [7, 11) is 0. The van der Waals surface area contributed by atoms with Gasteiger partial charge in [-0.05, 0) is 33.6 Å². The Bertz CT molecular complexity index is 422. The smallest absolute Gasteiger partial charge is 0.311 e. The minimum Gasteiger partial charge on any atom is -0.458 e. The monoisotopic (exact) mass is 252 g/mol. The molecule has 1 heterocycles. The van der Waals surface area contributed by atoms with Gasteiger partial charge in [-0.2, -0.15) is 0 Å². The molecule has 0 spiro atoms. The zero-order valence-electron chi connectivity index (χ0n) is 11.4. The Kier molecular flexibility index (Phi) is 2.19. The lowest BCUT2D eigenvalue weighted by Crippen LogP contribution is -2.43. The van der Waals surface area contributed by atoms with Crippen LogP contribution >= 0.6 is 0 Å². The molecule has 1 aliphatic heterocycles. The van der Waals surface area contributed by atoms with Crippen molar-refractivity contribution in [1.29, 1.82) is 0 Å². The van der Waals surface area contributed by atoms with Crippen LogP contribution in [0.5, 0.6) is 0 Å². The van der Waals surface area contributed by atoms with Gasteiger partial charge in [-0.15, -0.1) is 0 Å². The van der Waals surface area contributed by atoms with E-state index < -0.39 is 5.41 Å². The van der Waals surface area contributed by atoms with E-state index in [2.05, 4.69) is 6.92 Å². The van der Waals surface area contributed by atoms with E-state index >= 15 is 0 Å². The minimum atomic E-state index is -0.514. The topological polar surface area (TPSA) is 52.6 Å². The average Bonchev–Trinajstić information content (AvgIpc) is 2.76. The quantitative estimate of drug-likeness (QED) is 0.669. The Labute approximate surface area is 107 Å². The highest BCUT2D eigenvalue weighted by atomic mass is 16.6. The van der Waals surface area contributed by atoms with Crippen LogP contribution in [0.4, 0.5) is 0 Å². The Hall–Kier alpha value is -1.06. The molecule has 4 nitrogen and oxygen atoms in total. The van der Waals surface area contributed by atoms with Crippen molar-refractivity contribution in [1.82, 2.24) is 0 Å². The van der Waals surface area contributed by atoms with Crippen LogP contribution in [0.15, 0.2) is 0 Å². The number of hydrogen-bond donors (Lipinski definition) is 0. The summed E-state index contributed by atoms with van der Waals surface area (Å²) in [6.07, 6.45) is 1.29. The molecule has 2 bridgehead atoms. The van der Waals surface area contributed by atoms with Gasteiger partial charge < -0.3 is 9.47 Å². The van der Waals surface area contributed by atoms with Crippen LogP contribution in [0.1, 0.15) is 40.5 Å². The van der Waals surface area contributed by atoms with Crippen molar-refractivity contribution >= 4 is 11.9 Å². The van der Waals surface area contributed by atoms with Crippen molar-refractivity contribution in [3.05, 3.63) is 0 Å². The maximum absolute atomic E-state index is 12.0. The number of fused-ring (bicyclic) bond motifs is 1. The van der Waals surface area contributed by atoms with Crippen LogP contribution in [0.2, 0.25) is 0 Å². The van der Waals surface area contributed by atoms with E-state index in [0.29, 0.717) is 0 Å². The first-order chi connectivity index (χ1) is 8.22. The number of carbonyl (C=O) groups is 2. The molecule has 0 radical (unpaired) electrons. The summed E-state index contributed by atoms with van der Waals surface area (Å²) in [6.45, 7) is 7.64. The summed E-state index contributed by atoms with van der Waals surface area (Å²) < 4.78 is 11.1. The van der Waals surface area contributed by atoms with Crippen molar-refractivity contribution in [3.63, 3.8) is 0 Å². The average molecular weight is 252 g/mol. The number of carbonyl (C=O) groups excluding carboxylic acids is 2.